The van der Waals surface area contributed by atoms with Crippen LogP contribution in [-0.4, -0.2) is 29.7 Å². The topological polar surface area (TPSA) is 17.1 Å². The first kappa shape index (κ1) is 17.3. The van der Waals surface area contributed by atoms with Gasteiger partial charge >= 0.3 is 6.18 Å². The van der Waals surface area contributed by atoms with E-state index < -0.39 is 12.0 Å². The maximum Gasteiger partial charge on any atom is 0.455 e. The molecule has 0 saturated heterocycles. The summed E-state index contributed by atoms with van der Waals surface area (Å²) in [6.07, 6.45) is 3.64. The molecule has 0 amide bonds. The van der Waals surface area contributed by atoms with Crippen molar-refractivity contribution >= 4 is 41.1 Å². The van der Waals surface area contributed by atoms with Crippen LogP contribution in [0.1, 0.15) is 32.1 Å². The summed E-state index contributed by atoms with van der Waals surface area (Å²) in [7, 11) is 0. The average Bonchev–Trinajstić information content (AvgIpc) is 2.38. The maximum absolute atomic E-state index is 12.7. The van der Waals surface area contributed by atoms with Crippen molar-refractivity contribution in [1.29, 1.82) is 0 Å². The quantitative estimate of drug-likeness (QED) is 0.654. The Morgan fingerprint density at radius 3 is 2.00 bits per heavy atom. The molecule has 1 saturated carbocycles. The van der Waals surface area contributed by atoms with Crippen molar-refractivity contribution in [3.63, 3.8) is 0 Å². The van der Waals surface area contributed by atoms with Gasteiger partial charge in [-0.15, -0.1) is 35.3 Å². The van der Waals surface area contributed by atoms with Crippen LogP contribution in [0, 0.1) is 0 Å². The van der Waals surface area contributed by atoms with E-state index in [1.807, 2.05) is 0 Å². The highest BCUT2D eigenvalue weighted by atomic mass is 32.2. The van der Waals surface area contributed by atoms with E-state index in [1.54, 1.807) is 12.5 Å². The summed E-state index contributed by atoms with van der Waals surface area (Å²) in [6, 6.07) is 0. The second-order valence-electron chi connectivity index (χ2n) is 4.23. The zero-order valence-corrected chi connectivity index (χ0v) is 13.3. The molecule has 1 rings (SSSR count). The van der Waals surface area contributed by atoms with Crippen LogP contribution >= 0.6 is 35.3 Å². The molecule has 1 fully saturated rings. The lowest BCUT2D eigenvalue weighted by atomic mass is 10.0. The SMILES string of the molecule is CSC(SC)=C(SC1CCCCC1)C(=O)C(F)(F)F. The fraction of sp³-hybridized carbons (Fsp3) is 0.750. The number of halogens is 3. The molecule has 1 nitrogen and oxygen atoms in total. The maximum atomic E-state index is 12.7. The number of rotatable bonds is 5. The minimum atomic E-state index is -4.78. The van der Waals surface area contributed by atoms with Gasteiger partial charge in [0, 0.05) is 5.25 Å². The number of carbonyl (C=O) groups is 1. The lowest BCUT2D eigenvalue weighted by molar-refractivity contribution is -0.165. The Morgan fingerprint density at radius 1 is 1.05 bits per heavy atom. The summed E-state index contributed by atoms with van der Waals surface area (Å²) >= 11 is 3.55. The van der Waals surface area contributed by atoms with Crippen molar-refractivity contribution in [3.05, 3.63) is 9.14 Å². The standard InChI is InChI=1S/C12H17F3OS3/c1-17-11(18-2)9(10(16)12(13,14)15)19-8-6-4-3-5-7-8/h8H,3-7H2,1-2H3. The van der Waals surface area contributed by atoms with Crippen LogP contribution in [0.5, 0.6) is 0 Å². The largest absolute Gasteiger partial charge is 0.455 e. The molecule has 0 unspecified atom stereocenters. The molecule has 0 spiro atoms. The van der Waals surface area contributed by atoms with Gasteiger partial charge in [0.05, 0.1) is 9.14 Å². The fourth-order valence-corrected chi connectivity index (χ4v) is 5.17. The summed E-state index contributed by atoms with van der Waals surface area (Å²) in [5.74, 6) is -1.69. The van der Waals surface area contributed by atoms with Crippen LogP contribution in [0.15, 0.2) is 9.14 Å². The third kappa shape index (κ3) is 5.27. The number of carbonyl (C=O) groups excluding carboxylic acids is 1. The number of ketones is 1. The average molecular weight is 330 g/mol. The van der Waals surface area contributed by atoms with E-state index in [0.29, 0.717) is 4.24 Å². The molecule has 0 radical (unpaired) electrons. The van der Waals surface area contributed by atoms with Crippen LogP contribution in [0.4, 0.5) is 13.2 Å². The first-order valence-electron chi connectivity index (χ1n) is 6.00. The van der Waals surface area contributed by atoms with E-state index in [2.05, 4.69) is 0 Å². The molecule has 0 atom stereocenters. The monoisotopic (exact) mass is 330 g/mol. The van der Waals surface area contributed by atoms with Gasteiger partial charge in [-0.1, -0.05) is 19.3 Å². The molecule has 7 heteroatoms. The first-order chi connectivity index (χ1) is 8.90. The van der Waals surface area contributed by atoms with Gasteiger partial charge < -0.3 is 0 Å². The molecule has 110 valence electrons. The van der Waals surface area contributed by atoms with Gasteiger partial charge in [0.25, 0.3) is 5.78 Å². The van der Waals surface area contributed by atoms with E-state index in [1.165, 1.54) is 23.5 Å². The molecule has 1 aliphatic carbocycles. The second kappa shape index (κ2) is 7.88. The van der Waals surface area contributed by atoms with Crippen LogP contribution in [0.25, 0.3) is 0 Å². The highest BCUT2D eigenvalue weighted by Crippen LogP contribution is 2.42. The molecular weight excluding hydrogens is 313 g/mol. The Bertz CT molecular complexity index is 341. The minimum Gasteiger partial charge on any atom is -0.283 e. The lowest BCUT2D eigenvalue weighted by Crippen LogP contribution is -2.25. The van der Waals surface area contributed by atoms with E-state index in [-0.39, 0.29) is 10.2 Å². The molecule has 0 aromatic heterocycles. The highest BCUT2D eigenvalue weighted by Gasteiger charge is 2.42. The number of hydrogen-bond donors (Lipinski definition) is 0. The van der Waals surface area contributed by atoms with Gasteiger partial charge in [-0.25, -0.2) is 0 Å². The zero-order chi connectivity index (χ0) is 14.5. The fourth-order valence-electron chi connectivity index (χ4n) is 1.94. The van der Waals surface area contributed by atoms with Crippen LogP contribution in [-0.2, 0) is 4.79 Å². The van der Waals surface area contributed by atoms with E-state index >= 15 is 0 Å². The van der Waals surface area contributed by atoms with Crippen molar-refractivity contribution in [2.24, 2.45) is 0 Å². The van der Waals surface area contributed by atoms with Crippen LogP contribution < -0.4 is 0 Å². The summed E-state index contributed by atoms with van der Waals surface area (Å²) < 4.78 is 38.5. The predicted octanol–water partition coefficient (Wildman–Crippen LogP) is 5.08. The lowest BCUT2D eigenvalue weighted by Gasteiger charge is -2.23. The summed E-state index contributed by atoms with van der Waals surface area (Å²) in [5.41, 5.74) is 0. The number of Topliss-reactive ketones (excluding diaryl/α,β-unsaturated/α-hetero) is 1. The minimum absolute atomic E-state index is 0.112. The van der Waals surface area contributed by atoms with Crippen molar-refractivity contribution < 1.29 is 18.0 Å². The summed E-state index contributed by atoms with van der Waals surface area (Å²) in [6.45, 7) is 0. The van der Waals surface area contributed by atoms with E-state index in [4.69, 9.17) is 0 Å². The normalized spacial score (nSPS) is 17.3. The molecule has 0 bridgehead atoms. The van der Waals surface area contributed by atoms with E-state index in [9.17, 15) is 18.0 Å². The molecule has 0 aliphatic heterocycles. The Labute approximate surface area is 124 Å². The highest BCUT2D eigenvalue weighted by molar-refractivity contribution is 8.22. The van der Waals surface area contributed by atoms with Crippen molar-refractivity contribution in [2.75, 3.05) is 12.5 Å². The van der Waals surface area contributed by atoms with Gasteiger partial charge in [-0.05, 0) is 25.4 Å². The molecule has 1 aliphatic rings. The van der Waals surface area contributed by atoms with E-state index in [0.717, 1.165) is 43.9 Å². The van der Waals surface area contributed by atoms with Gasteiger partial charge in [0.2, 0.25) is 0 Å². The van der Waals surface area contributed by atoms with Crippen LogP contribution in [0.3, 0.4) is 0 Å². The van der Waals surface area contributed by atoms with Gasteiger partial charge in [0.15, 0.2) is 0 Å². The molecule has 0 aromatic carbocycles. The van der Waals surface area contributed by atoms with Gasteiger partial charge in [-0.2, -0.15) is 13.2 Å². The number of alkyl halides is 3. The first-order valence-corrected chi connectivity index (χ1v) is 9.33. The third-order valence-corrected chi connectivity index (χ3v) is 6.69. The zero-order valence-electron chi connectivity index (χ0n) is 10.9. The van der Waals surface area contributed by atoms with Crippen molar-refractivity contribution in [2.45, 2.75) is 43.5 Å². The number of allylic oxidation sites excluding steroid dienone is 1. The molecule has 0 aromatic rings. The molecule has 19 heavy (non-hydrogen) atoms. The van der Waals surface area contributed by atoms with Crippen molar-refractivity contribution in [1.82, 2.24) is 0 Å². The van der Waals surface area contributed by atoms with Gasteiger partial charge in [-0.3, -0.25) is 4.79 Å². The Hall–Kier alpha value is 0.250. The smallest absolute Gasteiger partial charge is 0.283 e. The van der Waals surface area contributed by atoms with Crippen molar-refractivity contribution in [3.8, 4) is 0 Å². The molecule has 0 heterocycles. The Morgan fingerprint density at radius 2 is 1.58 bits per heavy atom. The molecular formula is C12H17F3OS3. The Kier molecular flexibility index (Phi) is 7.18. The summed E-state index contributed by atoms with van der Waals surface area (Å²) in [4.78, 5) is 11.5. The predicted molar refractivity (Wildman–Crippen MR) is 79.6 cm³/mol. The number of hydrogen-bond acceptors (Lipinski definition) is 4. The third-order valence-electron chi connectivity index (χ3n) is 2.86. The Balaban J connectivity index is 2.92. The van der Waals surface area contributed by atoms with Gasteiger partial charge in [0.1, 0.15) is 0 Å². The van der Waals surface area contributed by atoms with Crippen LogP contribution in [0.2, 0.25) is 0 Å². The second-order valence-corrected chi connectivity index (χ2v) is 7.43. The summed E-state index contributed by atoms with van der Waals surface area (Å²) in [5, 5.41) is 0.143. The molecule has 0 N–H and O–H groups in total. The number of thioether (sulfide) groups is 3.